The molecule has 32 heavy (non-hydrogen) atoms. The van der Waals surface area contributed by atoms with E-state index in [1.165, 1.54) is 19.4 Å². The molecule has 0 atom stereocenters. The lowest BCUT2D eigenvalue weighted by molar-refractivity contribution is 0.0694. The third-order valence-electron chi connectivity index (χ3n) is 4.50. The van der Waals surface area contributed by atoms with Gasteiger partial charge < -0.3 is 28.6 Å². The molecule has 0 saturated heterocycles. The lowest BCUT2D eigenvalue weighted by Gasteiger charge is -2.24. The lowest BCUT2D eigenvalue weighted by Crippen LogP contribution is -2.22. The predicted octanol–water partition coefficient (Wildman–Crippen LogP) is 4.39. The van der Waals surface area contributed by atoms with Crippen molar-refractivity contribution in [1.82, 2.24) is 4.57 Å². The van der Waals surface area contributed by atoms with Crippen LogP contribution in [0, 0.1) is 0 Å². The van der Waals surface area contributed by atoms with Crippen molar-refractivity contribution in [3.05, 3.63) is 62.0 Å². The third kappa shape index (κ3) is 5.61. The first kappa shape index (κ1) is 23.6. The molecule has 1 N–H and O–H groups in total. The highest BCUT2D eigenvalue weighted by atomic mass is 35.5. The SMILES string of the molecule is COCCCOc1cc2c(cc1OC)-c1cc(=O)c(C(=O)O)cn1CO2.Clc1ccsc1. The van der Waals surface area contributed by atoms with Gasteiger partial charge in [0.1, 0.15) is 11.3 Å². The minimum Gasteiger partial charge on any atom is -0.493 e. The van der Waals surface area contributed by atoms with Gasteiger partial charge in [0, 0.05) is 49.4 Å². The summed E-state index contributed by atoms with van der Waals surface area (Å²) >= 11 is 7.07. The lowest BCUT2D eigenvalue weighted by atomic mass is 10.1. The fourth-order valence-electron chi connectivity index (χ4n) is 2.98. The second-order valence-corrected chi connectivity index (χ2v) is 7.84. The van der Waals surface area contributed by atoms with E-state index in [9.17, 15) is 9.59 Å². The Hall–Kier alpha value is -3.01. The largest absolute Gasteiger partial charge is 0.493 e. The summed E-state index contributed by atoms with van der Waals surface area (Å²) in [5.41, 5.74) is 0.332. The maximum absolute atomic E-state index is 12.1. The molecule has 0 aliphatic carbocycles. The molecule has 3 heterocycles. The zero-order chi connectivity index (χ0) is 23.1. The van der Waals surface area contributed by atoms with Crippen LogP contribution in [-0.4, -0.2) is 43.1 Å². The normalized spacial score (nSPS) is 11.3. The molecule has 3 aromatic rings. The van der Waals surface area contributed by atoms with E-state index in [2.05, 4.69) is 0 Å². The van der Waals surface area contributed by atoms with E-state index >= 15 is 0 Å². The van der Waals surface area contributed by atoms with Gasteiger partial charge in [0.05, 0.1) is 24.4 Å². The Labute approximate surface area is 193 Å². The number of rotatable bonds is 7. The van der Waals surface area contributed by atoms with Crippen molar-refractivity contribution in [1.29, 1.82) is 0 Å². The van der Waals surface area contributed by atoms with Gasteiger partial charge in [0.15, 0.2) is 23.7 Å². The number of aromatic nitrogens is 1. The molecule has 0 bridgehead atoms. The second kappa shape index (κ2) is 11.0. The number of ether oxygens (including phenoxy) is 4. The van der Waals surface area contributed by atoms with E-state index in [1.807, 2.05) is 16.8 Å². The summed E-state index contributed by atoms with van der Waals surface area (Å²) < 4.78 is 23.4. The zero-order valence-electron chi connectivity index (χ0n) is 17.5. The van der Waals surface area contributed by atoms with E-state index in [0.29, 0.717) is 41.7 Å². The van der Waals surface area contributed by atoms with Crippen molar-refractivity contribution in [3.63, 3.8) is 0 Å². The maximum atomic E-state index is 12.1. The van der Waals surface area contributed by atoms with Crippen LogP contribution in [0.4, 0.5) is 0 Å². The zero-order valence-corrected chi connectivity index (χ0v) is 19.1. The summed E-state index contributed by atoms with van der Waals surface area (Å²) in [6.45, 7) is 1.14. The number of aromatic carboxylic acids is 1. The van der Waals surface area contributed by atoms with Crippen LogP contribution < -0.4 is 19.6 Å². The number of benzene rings is 1. The fraction of sp³-hybridized carbons (Fsp3) is 0.273. The Bertz CT molecular complexity index is 1130. The molecule has 10 heteroatoms. The molecule has 0 fully saturated rings. The van der Waals surface area contributed by atoms with Crippen LogP contribution in [0.15, 0.2) is 46.0 Å². The van der Waals surface area contributed by atoms with Gasteiger partial charge in [-0.2, -0.15) is 11.3 Å². The number of nitrogens with zero attached hydrogens (tertiary/aromatic N) is 1. The fourth-order valence-corrected chi connectivity index (χ4v) is 3.78. The molecule has 1 aliphatic rings. The maximum Gasteiger partial charge on any atom is 0.341 e. The molecule has 1 aromatic carbocycles. The molecular weight excluding hydrogens is 458 g/mol. The first-order chi connectivity index (χ1) is 15.4. The molecule has 0 spiro atoms. The average Bonchev–Trinajstić information content (AvgIpc) is 3.26. The highest BCUT2D eigenvalue weighted by Crippen LogP contribution is 2.42. The van der Waals surface area contributed by atoms with Gasteiger partial charge >= 0.3 is 5.97 Å². The van der Waals surface area contributed by atoms with Crippen molar-refractivity contribution in [3.8, 4) is 28.5 Å². The summed E-state index contributed by atoms with van der Waals surface area (Å²) in [4.78, 5) is 23.2. The van der Waals surface area contributed by atoms with Crippen molar-refractivity contribution >= 4 is 28.9 Å². The van der Waals surface area contributed by atoms with Crippen LogP contribution in [0.2, 0.25) is 5.02 Å². The average molecular weight is 480 g/mol. The number of hydrogen-bond acceptors (Lipinski definition) is 7. The van der Waals surface area contributed by atoms with Crippen LogP contribution in [0.25, 0.3) is 11.3 Å². The van der Waals surface area contributed by atoms with Crippen LogP contribution in [0.3, 0.4) is 0 Å². The highest BCUT2D eigenvalue weighted by Gasteiger charge is 2.23. The van der Waals surface area contributed by atoms with Gasteiger partial charge in [0.25, 0.3) is 0 Å². The van der Waals surface area contributed by atoms with E-state index in [0.717, 1.165) is 11.4 Å². The molecule has 0 saturated carbocycles. The Morgan fingerprint density at radius 3 is 2.66 bits per heavy atom. The topological polar surface area (TPSA) is 96.2 Å². The summed E-state index contributed by atoms with van der Waals surface area (Å²) in [5.74, 6) is 0.289. The quantitative estimate of drug-likeness (QED) is 0.502. The summed E-state index contributed by atoms with van der Waals surface area (Å²) in [5, 5.41) is 13.8. The number of methoxy groups -OCH3 is 2. The van der Waals surface area contributed by atoms with E-state index < -0.39 is 11.4 Å². The van der Waals surface area contributed by atoms with Gasteiger partial charge in [-0.15, -0.1) is 0 Å². The first-order valence-corrected chi connectivity index (χ1v) is 10.9. The van der Waals surface area contributed by atoms with Crippen LogP contribution in [-0.2, 0) is 11.5 Å². The van der Waals surface area contributed by atoms with Crippen molar-refractivity contribution in [2.24, 2.45) is 0 Å². The number of carbonyl (C=O) groups is 1. The Kier molecular flexibility index (Phi) is 8.15. The number of thiophene rings is 1. The second-order valence-electron chi connectivity index (χ2n) is 6.62. The highest BCUT2D eigenvalue weighted by molar-refractivity contribution is 7.08. The van der Waals surface area contributed by atoms with E-state index in [1.54, 1.807) is 35.1 Å². The Balaban J connectivity index is 0.000000416. The minimum atomic E-state index is -1.27. The van der Waals surface area contributed by atoms with E-state index in [-0.39, 0.29) is 12.3 Å². The Morgan fingerprint density at radius 2 is 2.06 bits per heavy atom. The predicted molar refractivity (Wildman–Crippen MR) is 122 cm³/mol. The molecular formula is C22H22ClNO7S. The molecule has 8 nitrogen and oxygen atoms in total. The van der Waals surface area contributed by atoms with Crippen LogP contribution >= 0.6 is 22.9 Å². The third-order valence-corrected chi connectivity index (χ3v) is 5.54. The number of halogens is 1. The van der Waals surface area contributed by atoms with Gasteiger partial charge in [-0.1, -0.05) is 11.6 Å². The van der Waals surface area contributed by atoms with Crippen LogP contribution in [0.1, 0.15) is 16.8 Å². The minimum absolute atomic E-state index is 0.0956. The van der Waals surface area contributed by atoms with E-state index in [4.69, 9.17) is 35.7 Å². The number of hydrogen-bond donors (Lipinski definition) is 1. The van der Waals surface area contributed by atoms with Gasteiger partial charge in [-0.05, 0) is 17.5 Å². The smallest absolute Gasteiger partial charge is 0.341 e. The number of pyridine rings is 1. The standard InChI is InChI=1S/C18H19NO7.C4H3ClS/c1-23-4-3-5-25-17-8-15-11(6-16(17)24-2)13-7-14(20)12(18(21)22)9-19(13)10-26-15;5-4-1-2-6-3-4/h6-9H,3-5,10H2,1-2H3,(H,21,22);1-3H. The molecule has 1 aliphatic heterocycles. The number of carboxylic acids is 1. The van der Waals surface area contributed by atoms with Crippen molar-refractivity contribution in [2.75, 3.05) is 27.4 Å². The Morgan fingerprint density at radius 1 is 1.25 bits per heavy atom. The first-order valence-electron chi connectivity index (χ1n) is 9.57. The molecule has 2 aromatic heterocycles. The van der Waals surface area contributed by atoms with Gasteiger partial charge in [-0.25, -0.2) is 4.79 Å². The molecule has 170 valence electrons. The van der Waals surface area contributed by atoms with Crippen LogP contribution in [0.5, 0.6) is 17.2 Å². The summed E-state index contributed by atoms with van der Waals surface area (Å²) in [7, 11) is 3.15. The van der Waals surface area contributed by atoms with Crippen molar-refractivity contribution in [2.45, 2.75) is 13.2 Å². The van der Waals surface area contributed by atoms with Gasteiger partial charge in [-0.3, -0.25) is 4.79 Å². The summed E-state index contributed by atoms with van der Waals surface area (Å²) in [6.07, 6.45) is 2.01. The summed E-state index contributed by atoms with van der Waals surface area (Å²) in [6, 6.07) is 6.58. The van der Waals surface area contributed by atoms with Crippen molar-refractivity contribution < 1.29 is 28.8 Å². The molecule has 0 radical (unpaired) electrons. The number of fused-ring (bicyclic) bond motifs is 3. The molecule has 0 unspecified atom stereocenters. The monoisotopic (exact) mass is 479 g/mol. The molecule has 4 rings (SSSR count). The van der Waals surface area contributed by atoms with Gasteiger partial charge in [0.2, 0.25) is 0 Å². The molecule has 0 amide bonds. The number of carboxylic acid groups (broad SMARTS) is 1.